The van der Waals surface area contributed by atoms with Gasteiger partial charge >= 0.3 is 0 Å². The van der Waals surface area contributed by atoms with Gasteiger partial charge in [0.25, 0.3) is 5.91 Å². The molecule has 1 amide bonds. The number of fused-ring (bicyclic) bond motifs is 1. The standard InChI is InChI=1S/C26H33N3O4S/c30-26(27-24-10-6-8-20-7-2-3-9-22(20)24)23-19-21(34(31,32)29-13-4-1-5-14-29)11-12-25(23)28-15-17-33-18-16-28/h6,8,10-12,19H,1-5,7,9,13-18H2,(H,27,30). The van der Waals surface area contributed by atoms with Gasteiger partial charge in [-0.25, -0.2) is 8.42 Å². The Kier molecular flexibility index (Phi) is 6.90. The molecule has 0 unspecified atom stereocenters. The summed E-state index contributed by atoms with van der Waals surface area (Å²) in [6.45, 7) is 3.57. The third kappa shape index (κ3) is 4.72. The second-order valence-electron chi connectivity index (χ2n) is 9.35. The minimum atomic E-state index is -3.64. The topological polar surface area (TPSA) is 79.0 Å². The molecule has 0 atom stereocenters. The van der Waals surface area contributed by atoms with Crippen LogP contribution in [0.4, 0.5) is 11.4 Å². The minimum Gasteiger partial charge on any atom is -0.378 e. The summed E-state index contributed by atoms with van der Waals surface area (Å²) in [4.78, 5) is 15.9. The number of nitrogens with zero attached hydrogens (tertiary/aromatic N) is 2. The van der Waals surface area contributed by atoms with Gasteiger partial charge in [-0.1, -0.05) is 18.6 Å². The summed E-state index contributed by atoms with van der Waals surface area (Å²) in [5.74, 6) is -0.267. The zero-order valence-electron chi connectivity index (χ0n) is 19.6. The molecule has 5 rings (SSSR count). The summed E-state index contributed by atoms with van der Waals surface area (Å²) in [5, 5.41) is 3.12. The molecule has 7 nitrogen and oxygen atoms in total. The number of carbonyl (C=O) groups excluding carboxylic acids is 1. The van der Waals surface area contributed by atoms with Gasteiger partial charge in [-0.05, 0) is 73.9 Å². The van der Waals surface area contributed by atoms with Gasteiger partial charge in [-0.15, -0.1) is 0 Å². The molecule has 1 aliphatic carbocycles. The maximum absolute atomic E-state index is 13.6. The van der Waals surface area contributed by atoms with Gasteiger partial charge in [0, 0.05) is 37.6 Å². The van der Waals surface area contributed by atoms with E-state index in [-0.39, 0.29) is 10.8 Å². The Morgan fingerprint density at radius 1 is 0.882 bits per heavy atom. The molecule has 0 radical (unpaired) electrons. The molecule has 0 spiro atoms. The number of hydrogen-bond acceptors (Lipinski definition) is 5. The summed E-state index contributed by atoms with van der Waals surface area (Å²) < 4.78 is 33.8. The first-order valence-corrected chi connectivity index (χ1v) is 13.9. The minimum absolute atomic E-state index is 0.187. The molecule has 3 aliphatic rings. The maximum atomic E-state index is 13.6. The number of morpholine rings is 1. The van der Waals surface area contributed by atoms with Crippen LogP contribution in [0.2, 0.25) is 0 Å². The van der Waals surface area contributed by atoms with Crippen molar-refractivity contribution in [3.8, 4) is 0 Å². The molecular formula is C26H33N3O4S. The van der Waals surface area contributed by atoms with E-state index in [4.69, 9.17) is 4.74 Å². The summed E-state index contributed by atoms with van der Waals surface area (Å²) in [6, 6.07) is 11.1. The highest BCUT2D eigenvalue weighted by Crippen LogP contribution is 2.31. The van der Waals surface area contributed by atoms with Crippen LogP contribution in [0, 0.1) is 0 Å². The van der Waals surface area contributed by atoms with Gasteiger partial charge < -0.3 is 15.0 Å². The predicted molar refractivity (Wildman–Crippen MR) is 133 cm³/mol. The average Bonchev–Trinajstić information content (AvgIpc) is 2.89. The highest BCUT2D eigenvalue weighted by atomic mass is 32.2. The van der Waals surface area contributed by atoms with E-state index in [0.717, 1.165) is 49.9 Å². The zero-order valence-corrected chi connectivity index (χ0v) is 20.4. The highest BCUT2D eigenvalue weighted by Gasteiger charge is 2.29. The molecule has 2 saturated heterocycles. The molecule has 0 bridgehead atoms. The van der Waals surface area contributed by atoms with Crippen molar-refractivity contribution in [2.45, 2.75) is 49.8 Å². The molecule has 0 saturated carbocycles. The number of ether oxygens (including phenoxy) is 1. The van der Waals surface area contributed by atoms with Gasteiger partial charge in [0.2, 0.25) is 10.0 Å². The van der Waals surface area contributed by atoms with Crippen LogP contribution in [-0.4, -0.2) is 58.0 Å². The van der Waals surface area contributed by atoms with Crippen LogP contribution in [0.25, 0.3) is 0 Å². The van der Waals surface area contributed by atoms with E-state index in [9.17, 15) is 13.2 Å². The van der Waals surface area contributed by atoms with E-state index in [1.807, 2.05) is 12.1 Å². The zero-order chi connectivity index (χ0) is 23.5. The quantitative estimate of drug-likeness (QED) is 0.699. The predicted octanol–water partition coefficient (Wildman–Crippen LogP) is 3.83. The van der Waals surface area contributed by atoms with Crippen molar-refractivity contribution in [1.29, 1.82) is 0 Å². The smallest absolute Gasteiger partial charge is 0.257 e. The number of aryl methyl sites for hydroxylation is 1. The Morgan fingerprint density at radius 3 is 2.44 bits per heavy atom. The Hall–Kier alpha value is -2.42. The van der Waals surface area contributed by atoms with Crippen LogP contribution in [0.5, 0.6) is 0 Å². The van der Waals surface area contributed by atoms with Crippen molar-refractivity contribution < 1.29 is 17.9 Å². The number of benzene rings is 2. The largest absolute Gasteiger partial charge is 0.378 e. The van der Waals surface area contributed by atoms with Crippen LogP contribution < -0.4 is 10.2 Å². The molecule has 2 aromatic rings. The lowest BCUT2D eigenvalue weighted by molar-refractivity contribution is 0.102. The summed E-state index contributed by atoms with van der Waals surface area (Å²) in [6.07, 6.45) is 7.06. The fourth-order valence-electron chi connectivity index (χ4n) is 5.28. The normalized spacial score (nSPS) is 19.5. The molecular weight excluding hydrogens is 450 g/mol. The Morgan fingerprint density at radius 2 is 1.65 bits per heavy atom. The molecule has 1 N–H and O–H groups in total. The molecule has 2 aliphatic heterocycles. The summed E-state index contributed by atoms with van der Waals surface area (Å²) in [7, 11) is -3.64. The van der Waals surface area contributed by atoms with Crippen LogP contribution >= 0.6 is 0 Å². The number of nitrogens with one attached hydrogen (secondary N) is 1. The third-order valence-electron chi connectivity index (χ3n) is 7.16. The van der Waals surface area contributed by atoms with Gasteiger partial charge in [0.05, 0.1) is 23.7 Å². The molecule has 2 aromatic carbocycles. The SMILES string of the molecule is O=C(Nc1cccc2c1CCCC2)c1cc(S(=O)(=O)N2CCCCC2)ccc1N1CCOCC1. The van der Waals surface area contributed by atoms with Crippen LogP contribution in [-0.2, 0) is 27.6 Å². The van der Waals surface area contributed by atoms with Gasteiger partial charge in [-0.2, -0.15) is 4.31 Å². The second kappa shape index (κ2) is 10.1. The molecule has 2 heterocycles. The number of hydrogen-bond donors (Lipinski definition) is 1. The lowest BCUT2D eigenvalue weighted by Crippen LogP contribution is -2.38. The molecule has 34 heavy (non-hydrogen) atoms. The first kappa shape index (κ1) is 23.3. The number of piperidine rings is 1. The summed E-state index contributed by atoms with van der Waals surface area (Å²) >= 11 is 0. The third-order valence-corrected chi connectivity index (χ3v) is 9.06. The van der Waals surface area contributed by atoms with E-state index in [0.29, 0.717) is 45.0 Å². The monoisotopic (exact) mass is 483 g/mol. The maximum Gasteiger partial charge on any atom is 0.257 e. The number of sulfonamides is 1. The lowest BCUT2D eigenvalue weighted by Gasteiger charge is -2.31. The van der Waals surface area contributed by atoms with Crippen molar-refractivity contribution in [2.24, 2.45) is 0 Å². The molecule has 2 fully saturated rings. The van der Waals surface area contributed by atoms with E-state index in [1.54, 1.807) is 22.5 Å². The highest BCUT2D eigenvalue weighted by molar-refractivity contribution is 7.89. The Bertz CT molecular complexity index is 1150. The number of anilines is 2. The van der Waals surface area contributed by atoms with Crippen LogP contribution in [0.3, 0.4) is 0 Å². The molecule has 0 aromatic heterocycles. The van der Waals surface area contributed by atoms with Gasteiger partial charge in [0.15, 0.2) is 0 Å². The number of amides is 1. The fraction of sp³-hybridized carbons (Fsp3) is 0.500. The number of rotatable bonds is 5. The van der Waals surface area contributed by atoms with Gasteiger partial charge in [-0.3, -0.25) is 4.79 Å². The van der Waals surface area contributed by atoms with E-state index >= 15 is 0 Å². The van der Waals surface area contributed by atoms with Crippen molar-refractivity contribution in [2.75, 3.05) is 49.6 Å². The van der Waals surface area contributed by atoms with Crippen molar-refractivity contribution in [3.05, 3.63) is 53.1 Å². The van der Waals surface area contributed by atoms with E-state index in [2.05, 4.69) is 16.3 Å². The number of carbonyl (C=O) groups is 1. The van der Waals surface area contributed by atoms with E-state index < -0.39 is 10.0 Å². The average molecular weight is 484 g/mol. The summed E-state index contributed by atoms with van der Waals surface area (Å²) in [5.41, 5.74) is 4.47. The van der Waals surface area contributed by atoms with Gasteiger partial charge in [0.1, 0.15) is 0 Å². The van der Waals surface area contributed by atoms with Crippen molar-refractivity contribution in [3.63, 3.8) is 0 Å². The Labute approximate surface area is 202 Å². The Balaban J connectivity index is 1.50. The fourth-order valence-corrected chi connectivity index (χ4v) is 6.82. The first-order valence-electron chi connectivity index (χ1n) is 12.4. The molecule has 8 heteroatoms. The van der Waals surface area contributed by atoms with Crippen molar-refractivity contribution in [1.82, 2.24) is 4.31 Å². The second-order valence-corrected chi connectivity index (χ2v) is 11.3. The molecule has 182 valence electrons. The van der Waals surface area contributed by atoms with Crippen LogP contribution in [0.15, 0.2) is 41.3 Å². The van der Waals surface area contributed by atoms with E-state index in [1.165, 1.54) is 17.5 Å². The lowest BCUT2D eigenvalue weighted by atomic mass is 9.90. The van der Waals surface area contributed by atoms with Crippen molar-refractivity contribution >= 4 is 27.3 Å². The first-order chi connectivity index (χ1) is 16.5. The van der Waals surface area contributed by atoms with Crippen LogP contribution in [0.1, 0.15) is 53.6 Å².